The van der Waals surface area contributed by atoms with Crippen LogP contribution in [-0.2, 0) is 13.2 Å². The van der Waals surface area contributed by atoms with E-state index in [0.29, 0.717) is 23.6 Å². The summed E-state index contributed by atoms with van der Waals surface area (Å²) < 4.78 is 8.06. The lowest BCUT2D eigenvalue weighted by Crippen LogP contribution is -2.01. The molecular formula is C22H16BrN5O2. The van der Waals surface area contributed by atoms with Gasteiger partial charge in [-0.25, -0.2) is 9.50 Å². The largest absolute Gasteiger partial charge is 0.472 e. The summed E-state index contributed by atoms with van der Waals surface area (Å²) in [5.74, 6) is 0.499. The quantitative estimate of drug-likeness (QED) is 0.492. The molecule has 8 heteroatoms. The predicted molar refractivity (Wildman–Crippen MR) is 113 cm³/mol. The number of benzene rings is 2. The van der Waals surface area contributed by atoms with Gasteiger partial charge in [0.1, 0.15) is 11.2 Å². The van der Waals surface area contributed by atoms with E-state index in [9.17, 15) is 0 Å². The van der Waals surface area contributed by atoms with Gasteiger partial charge in [-0.2, -0.15) is 10.5 Å². The van der Waals surface area contributed by atoms with Crippen molar-refractivity contribution in [2.24, 2.45) is 0 Å². The smallest absolute Gasteiger partial charge is 0.232 e. The maximum atomic E-state index is 8.85. The minimum atomic E-state index is -0.00444. The van der Waals surface area contributed by atoms with Crippen LogP contribution in [0, 0.1) is 22.7 Å². The Labute approximate surface area is 181 Å². The van der Waals surface area contributed by atoms with Crippen LogP contribution in [0.1, 0.15) is 22.3 Å². The second-order valence-electron chi connectivity index (χ2n) is 6.09. The standard InChI is InChI=1S/C14H9BrN4O.C8H7NO/c15-12-8-17-13-4-5-14(18-19(12)13)20-9-11-3-1-2-10(6-11)7-16;9-5-7-2-1-3-8(4-7)6-10/h1-6,8H,9H2;1-4,10H,6H2. The van der Waals surface area contributed by atoms with Crippen LogP contribution in [0.5, 0.6) is 5.88 Å². The molecule has 4 rings (SSSR count). The van der Waals surface area contributed by atoms with E-state index < -0.39 is 0 Å². The molecule has 0 saturated carbocycles. The summed E-state index contributed by atoms with van der Waals surface area (Å²) in [6.45, 7) is 0.357. The van der Waals surface area contributed by atoms with Gasteiger partial charge in [0, 0.05) is 6.07 Å². The lowest BCUT2D eigenvalue weighted by atomic mass is 10.1. The van der Waals surface area contributed by atoms with Crippen molar-refractivity contribution in [1.82, 2.24) is 14.6 Å². The monoisotopic (exact) mass is 461 g/mol. The lowest BCUT2D eigenvalue weighted by molar-refractivity contribution is 0.282. The van der Waals surface area contributed by atoms with Gasteiger partial charge < -0.3 is 9.84 Å². The number of aliphatic hydroxyl groups is 1. The highest BCUT2D eigenvalue weighted by Gasteiger charge is 2.04. The normalized spacial score (nSPS) is 9.87. The van der Waals surface area contributed by atoms with Gasteiger partial charge in [0.15, 0.2) is 5.65 Å². The molecule has 0 saturated heterocycles. The predicted octanol–water partition coefficient (Wildman–Crippen LogP) is 3.99. The fourth-order valence-electron chi connectivity index (χ4n) is 2.53. The van der Waals surface area contributed by atoms with Gasteiger partial charge >= 0.3 is 0 Å². The third-order valence-electron chi connectivity index (χ3n) is 3.98. The van der Waals surface area contributed by atoms with Gasteiger partial charge in [-0.1, -0.05) is 24.3 Å². The van der Waals surface area contributed by atoms with E-state index in [1.807, 2.05) is 24.3 Å². The molecule has 30 heavy (non-hydrogen) atoms. The number of aliphatic hydroxyl groups excluding tert-OH is 1. The zero-order chi connectivity index (χ0) is 21.3. The topological polar surface area (TPSA) is 107 Å². The number of fused-ring (bicyclic) bond motifs is 1. The Morgan fingerprint density at radius 3 is 2.30 bits per heavy atom. The number of nitriles is 2. The Morgan fingerprint density at radius 1 is 0.967 bits per heavy atom. The van der Waals surface area contributed by atoms with Crippen LogP contribution in [0.15, 0.2) is 71.5 Å². The number of ether oxygens (including phenoxy) is 1. The summed E-state index contributed by atoms with van der Waals surface area (Å²) in [7, 11) is 0. The Bertz CT molecular complexity index is 1240. The molecule has 0 unspecified atom stereocenters. The fraction of sp³-hybridized carbons (Fsp3) is 0.0909. The number of halogens is 1. The molecule has 0 aliphatic carbocycles. The van der Waals surface area contributed by atoms with Crippen molar-refractivity contribution in [3.05, 3.63) is 93.7 Å². The van der Waals surface area contributed by atoms with Gasteiger partial charge in [-0.3, -0.25) is 0 Å². The van der Waals surface area contributed by atoms with Crippen LogP contribution in [-0.4, -0.2) is 19.7 Å². The van der Waals surface area contributed by atoms with E-state index in [2.05, 4.69) is 32.1 Å². The number of nitrogens with zero attached hydrogens (tertiary/aromatic N) is 5. The van der Waals surface area contributed by atoms with Crippen LogP contribution < -0.4 is 4.74 Å². The molecule has 2 heterocycles. The van der Waals surface area contributed by atoms with E-state index in [0.717, 1.165) is 21.4 Å². The van der Waals surface area contributed by atoms with Crippen LogP contribution >= 0.6 is 15.9 Å². The van der Waals surface area contributed by atoms with Crippen molar-refractivity contribution in [3.63, 3.8) is 0 Å². The van der Waals surface area contributed by atoms with Crippen LogP contribution in [0.2, 0.25) is 0 Å². The van der Waals surface area contributed by atoms with Crippen LogP contribution in [0.25, 0.3) is 5.65 Å². The minimum Gasteiger partial charge on any atom is -0.472 e. The maximum absolute atomic E-state index is 8.85. The van der Waals surface area contributed by atoms with E-state index >= 15 is 0 Å². The van der Waals surface area contributed by atoms with Crippen molar-refractivity contribution in [2.45, 2.75) is 13.2 Å². The molecule has 148 valence electrons. The summed E-state index contributed by atoms with van der Waals surface area (Å²) in [6.07, 6.45) is 1.68. The Hall–Kier alpha value is -3.72. The summed E-state index contributed by atoms with van der Waals surface area (Å²) in [5.41, 5.74) is 3.66. The summed E-state index contributed by atoms with van der Waals surface area (Å²) in [5, 5.41) is 30.2. The molecule has 7 nitrogen and oxygen atoms in total. The first kappa shape index (κ1) is 21.0. The number of hydrogen-bond acceptors (Lipinski definition) is 6. The van der Waals surface area contributed by atoms with E-state index in [1.54, 1.807) is 53.2 Å². The second kappa shape index (κ2) is 10.2. The van der Waals surface area contributed by atoms with Crippen molar-refractivity contribution in [2.75, 3.05) is 0 Å². The maximum Gasteiger partial charge on any atom is 0.232 e. The molecule has 0 atom stereocenters. The molecule has 0 bridgehead atoms. The van der Waals surface area contributed by atoms with Crippen molar-refractivity contribution >= 4 is 21.6 Å². The molecule has 0 aliphatic heterocycles. The summed E-state index contributed by atoms with van der Waals surface area (Å²) >= 11 is 3.36. The highest BCUT2D eigenvalue weighted by atomic mass is 79.9. The fourth-order valence-corrected chi connectivity index (χ4v) is 2.90. The first-order valence-corrected chi connectivity index (χ1v) is 9.64. The molecule has 0 spiro atoms. The van der Waals surface area contributed by atoms with E-state index in [-0.39, 0.29) is 6.61 Å². The number of aromatic nitrogens is 3. The molecule has 0 aliphatic rings. The first-order valence-electron chi connectivity index (χ1n) is 8.85. The average Bonchev–Trinajstić information content (AvgIpc) is 3.18. The Morgan fingerprint density at radius 2 is 1.63 bits per heavy atom. The van der Waals surface area contributed by atoms with Gasteiger partial charge in [-0.05, 0) is 57.4 Å². The first-order chi connectivity index (χ1) is 14.6. The molecule has 2 aromatic heterocycles. The molecule has 0 radical (unpaired) electrons. The highest BCUT2D eigenvalue weighted by molar-refractivity contribution is 9.10. The minimum absolute atomic E-state index is 0.00444. The Balaban J connectivity index is 0.000000216. The summed E-state index contributed by atoms with van der Waals surface area (Å²) in [4.78, 5) is 4.16. The third kappa shape index (κ3) is 5.42. The van der Waals surface area contributed by atoms with Crippen molar-refractivity contribution in [3.8, 4) is 18.0 Å². The molecule has 2 aromatic carbocycles. The third-order valence-corrected chi connectivity index (χ3v) is 4.52. The van der Waals surface area contributed by atoms with Gasteiger partial charge in [0.05, 0.1) is 36.1 Å². The van der Waals surface area contributed by atoms with Gasteiger partial charge in [0.25, 0.3) is 0 Å². The highest BCUT2D eigenvalue weighted by Crippen LogP contribution is 2.16. The second-order valence-corrected chi connectivity index (χ2v) is 6.91. The average molecular weight is 462 g/mol. The van der Waals surface area contributed by atoms with Gasteiger partial charge in [-0.15, -0.1) is 5.10 Å². The Kier molecular flexibility index (Phi) is 7.12. The summed E-state index contributed by atoms with van der Waals surface area (Å²) in [6, 6.07) is 21.9. The number of imidazole rings is 1. The molecule has 0 amide bonds. The van der Waals surface area contributed by atoms with E-state index in [1.165, 1.54) is 0 Å². The molecule has 0 fully saturated rings. The van der Waals surface area contributed by atoms with Crippen molar-refractivity contribution in [1.29, 1.82) is 10.5 Å². The molecule has 4 aromatic rings. The van der Waals surface area contributed by atoms with Crippen LogP contribution in [0.4, 0.5) is 0 Å². The lowest BCUT2D eigenvalue weighted by Gasteiger charge is -2.06. The van der Waals surface area contributed by atoms with Gasteiger partial charge in [0.2, 0.25) is 5.88 Å². The molecule has 1 N–H and O–H groups in total. The van der Waals surface area contributed by atoms with Crippen molar-refractivity contribution < 1.29 is 9.84 Å². The molecular weight excluding hydrogens is 446 g/mol. The van der Waals surface area contributed by atoms with Crippen LogP contribution in [0.3, 0.4) is 0 Å². The number of rotatable bonds is 4. The zero-order valence-electron chi connectivity index (χ0n) is 15.7. The SMILES string of the molecule is N#Cc1cccc(CO)c1.N#Cc1cccc(COc2ccc3ncc(Br)n3n2)c1. The zero-order valence-corrected chi connectivity index (χ0v) is 17.3. The van der Waals surface area contributed by atoms with E-state index in [4.69, 9.17) is 20.4 Å². The number of hydrogen-bond donors (Lipinski definition) is 1.